The van der Waals surface area contributed by atoms with Crippen LogP contribution in [0.5, 0.6) is 0 Å². The molecule has 110 valence electrons. The predicted molar refractivity (Wildman–Crippen MR) is 68.4 cm³/mol. The molecule has 12 heteroatoms. The van der Waals surface area contributed by atoms with Crippen LogP contribution in [0.4, 0.5) is 14.7 Å². The maximum Gasteiger partial charge on any atom is 0.315 e. The normalized spacial score (nSPS) is 16.4. The highest BCUT2D eigenvalue weighted by atomic mass is 32.2. The van der Waals surface area contributed by atoms with E-state index in [-0.39, 0.29) is 21.9 Å². The molecule has 0 fully saturated rings. The van der Waals surface area contributed by atoms with Crippen molar-refractivity contribution in [3.63, 3.8) is 0 Å². The first-order valence-electron chi connectivity index (χ1n) is 5.11. The van der Waals surface area contributed by atoms with Crippen LogP contribution in [-0.2, 0) is 20.6 Å². The number of aliphatic imine (C=N–C) groups is 1. The second kappa shape index (κ2) is 5.97. The van der Waals surface area contributed by atoms with Crippen molar-refractivity contribution in [2.75, 3.05) is 0 Å². The quantitative estimate of drug-likeness (QED) is 0.622. The summed E-state index contributed by atoms with van der Waals surface area (Å²) in [6.45, 7) is 0. The lowest BCUT2D eigenvalue weighted by Crippen LogP contribution is -2.22. The molecule has 2 rings (SSSR count). The monoisotopic (exact) mass is 334 g/mol. The van der Waals surface area contributed by atoms with E-state index in [0.29, 0.717) is 0 Å². The number of hydrogen-bond donors (Lipinski definition) is 0. The highest BCUT2D eigenvalue weighted by Crippen LogP contribution is 2.10. The summed E-state index contributed by atoms with van der Waals surface area (Å²) in [4.78, 5) is 11.9. The first-order valence-corrected chi connectivity index (χ1v) is 7.26. The van der Waals surface area contributed by atoms with E-state index in [1.807, 2.05) is 0 Å². The van der Waals surface area contributed by atoms with Crippen LogP contribution in [0, 0.1) is 12.2 Å². The summed E-state index contributed by atoms with van der Waals surface area (Å²) in [7, 11) is -5.30. The van der Waals surface area contributed by atoms with Crippen LogP contribution in [0.1, 0.15) is 6.42 Å². The van der Waals surface area contributed by atoms with E-state index >= 15 is 0 Å². The minimum absolute atomic E-state index is 0.141. The molecule has 0 aromatic carbocycles. The summed E-state index contributed by atoms with van der Waals surface area (Å²) in [6.07, 6.45) is -1.15. The molecule has 8 nitrogen and oxygen atoms in total. The number of aromatic nitrogens is 3. The van der Waals surface area contributed by atoms with Crippen molar-refractivity contribution in [3.8, 4) is 0 Å². The molecule has 1 aliphatic carbocycles. The van der Waals surface area contributed by atoms with Gasteiger partial charge in [-0.2, -0.15) is 40.6 Å². The Kier molecular flexibility index (Phi) is 4.28. The van der Waals surface area contributed by atoms with Crippen LogP contribution in [0.25, 0.3) is 0 Å². The Morgan fingerprint density at radius 3 is 2.10 bits per heavy atom. The van der Waals surface area contributed by atoms with Gasteiger partial charge in [-0.1, -0.05) is 0 Å². The average Bonchev–Trinajstić information content (AvgIpc) is 2.36. The van der Waals surface area contributed by atoms with Crippen LogP contribution in [0.3, 0.4) is 0 Å². The fourth-order valence-electron chi connectivity index (χ4n) is 1.42. The predicted octanol–water partition coefficient (Wildman–Crippen LogP) is -0.715. The minimum Gasteiger partial charge on any atom is -0.214 e. The number of allylic oxidation sites excluding steroid dienone is 2. The molecule has 0 radical (unpaired) electrons. The van der Waals surface area contributed by atoms with Crippen LogP contribution < -0.4 is 0 Å². The van der Waals surface area contributed by atoms with Gasteiger partial charge in [-0.15, -0.1) is 0 Å². The third-order valence-corrected chi connectivity index (χ3v) is 3.68. The summed E-state index contributed by atoms with van der Waals surface area (Å²) in [5, 5.41) is 0. The van der Waals surface area contributed by atoms with Crippen LogP contribution >= 0.6 is 0 Å². The lowest BCUT2D eigenvalue weighted by molar-refractivity contribution is 0.457. The van der Waals surface area contributed by atoms with Crippen molar-refractivity contribution in [1.82, 2.24) is 15.0 Å². The number of rotatable bonds is 1. The summed E-state index contributed by atoms with van der Waals surface area (Å²) < 4.78 is 69.5. The molecule has 1 aromatic heterocycles. The largest absolute Gasteiger partial charge is 0.315 e. The Morgan fingerprint density at radius 2 is 1.57 bits per heavy atom. The molecule has 0 amide bonds. The summed E-state index contributed by atoms with van der Waals surface area (Å²) in [5.41, 5.74) is -0.255. The SMILES string of the molecule is O=S(=O)=C1C=CC(=S(=O)=O)C(=Nc2nc(F)nc(F)n2)C1. The highest BCUT2D eigenvalue weighted by molar-refractivity contribution is 7.76. The second-order valence-corrected chi connectivity index (χ2v) is 5.45. The van der Waals surface area contributed by atoms with Gasteiger partial charge < -0.3 is 0 Å². The maximum atomic E-state index is 12.8. The standard InChI is InChI=1S/C9H4F2N4O4S2/c10-7-13-8(11)15-9(14-7)12-5-3-4(20(16)17)1-2-6(5)21(18)19/h1-2H,3H2. The molecule has 0 unspecified atom stereocenters. The van der Waals surface area contributed by atoms with Gasteiger partial charge in [-0.05, 0) is 12.2 Å². The van der Waals surface area contributed by atoms with E-state index in [4.69, 9.17) is 0 Å². The molecule has 1 heterocycles. The van der Waals surface area contributed by atoms with Crippen LogP contribution in [0.15, 0.2) is 17.1 Å². The lowest BCUT2D eigenvalue weighted by atomic mass is 10.1. The first-order chi connectivity index (χ1) is 9.86. The van der Waals surface area contributed by atoms with Crippen molar-refractivity contribution in [3.05, 3.63) is 24.3 Å². The van der Waals surface area contributed by atoms with Gasteiger partial charge in [0.15, 0.2) is 0 Å². The second-order valence-electron chi connectivity index (χ2n) is 3.54. The topological polar surface area (TPSA) is 119 Å². The summed E-state index contributed by atoms with van der Waals surface area (Å²) in [5.74, 6) is -0.704. The third-order valence-electron chi connectivity index (χ3n) is 2.24. The van der Waals surface area contributed by atoms with E-state index in [2.05, 4.69) is 19.9 Å². The molecule has 0 spiro atoms. The van der Waals surface area contributed by atoms with E-state index in [1.54, 1.807) is 0 Å². The fraction of sp³-hybridized carbons (Fsp3) is 0.111. The van der Waals surface area contributed by atoms with Crippen molar-refractivity contribution < 1.29 is 25.6 Å². The molecule has 0 atom stereocenters. The van der Waals surface area contributed by atoms with Gasteiger partial charge in [0.2, 0.25) is 20.6 Å². The molecule has 0 aliphatic heterocycles. The summed E-state index contributed by atoms with van der Waals surface area (Å²) >= 11 is 0. The molecule has 0 saturated carbocycles. The molecule has 0 N–H and O–H groups in total. The Morgan fingerprint density at radius 1 is 0.952 bits per heavy atom. The van der Waals surface area contributed by atoms with E-state index in [0.717, 1.165) is 12.2 Å². The molecule has 1 aliphatic rings. The zero-order valence-electron chi connectivity index (χ0n) is 9.86. The van der Waals surface area contributed by atoms with Gasteiger partial charge >= 0.3 is 12.2 Å². The third kappa shape index (κ3) is 3.61. The minimum atomic E-state index is -2.72. The maximum absolute atomic E-state index is 12.8. The Balaban J connectivity index is 2.64. The summed E-state index contributed by atoms with van der Waals surface area (Å²) in [6, 6.07) is 0. The van der Waals surface area contributed by atoms with E-state index < -0.39 is 38.7 Å². The van der Waals surface area contributed by atoms with Crippen LogP contribution in [-0.4, -0.2) is 47.2 Å². The van der Waals surface area contributed by atoms with Crippen molar-refractivity contribution in [1.29, 1.82) is 0 Å². The van der Waals surface area contributed by atoms with Crippen molar-refractivity contribution >= 4 is 42.0 Å². The average molecular weight is 334 g/mol. The molecular weight excluding hydrogens is 330 g/mol. The molecule has 0 saturated heterocycles. The number of halogens is 2. The molecule has 21 heavy (non-hydrogen) atoms. The first kappa shape index (κ1) is 15.1. The smallest absolute Gasteiger partial charge is 0.214 e. The molecule has 1 aromatic rings. The van der Waals surface area contributed by atoms with Gasteiger partial charge in [0, 0.05) is 6.42 Å². The number of hydrogen-bond acceptors (Lipinski definition) is 8. The fourth-order valence-corrected chi connectivity index (χ4v) is 2.35. The van der Waals surface area contributed by atoms with Gasteiger partial charge in [0.1, 0.15) is 4.86 Å². The van der Waals surface area contributed by atoms with Crippen LogP contribution in [0.2, 0.25) is 0 Å². The highest BCUT2D eigenvalue weighted by Gasteiger charge is 2.18. The van der Waals surface area contributed by atoms with Crippen molar-refractivity contribution in [2.45, 2.75) is 6.42 Å². The van der Waals surface area contributed by atoms with Gasteiger partial charge in [-0.3, -0.25) is 0 Å². The van der Waals surface area contributed by atoms with E-state index in [9.17, 15) is 25.6 Å². The van der Waals surface area contributed by atoms with Gasteiger partial charge in [-0.25, -0.2) is 4.99 Å². The van der Waals surface area contributed by atoms with E-state index in [1.165, 1.54) is 0 Å². The molecular formula is C9H4F2N4O4S2. The zero-order valence-corrected chi connectivity index (χ0v) is 11.5. The Bertz CT molecular complexity index is 912. The van der Waals surface area contributed by atoms with Gasteiger partial charge in [0.25, 0.3) is 5.95 Å². The van der Waals surface area contributed by atoms with Crippen molar-refractivity contribution in [2.24, 2.45) is 4.99 Å². The zero-order chi connectivity index (χ0) is 15.6. The molecule has 0 bridgehead atoms. The Labute approximate surface area is 119 Å². The van der Waals surface area contributed by atoms with Gasteiger partial charge in [0.05, 0.1) is 10.6 Å². The number of nitrogens with zero attached hydrogens (tertiary/aromatic N) is 4. The lowest BCUT2D eigenvalue weighted by Gasteiger charge is -2.07. The Hall–Kier alpha value is -2.34.